The lowest BCUT2D eigenvalue weighted by atomic mass is 10.2. The van der Waals surface area contributed by atoms with E-state index in [0.29, 0.717) is 6.61 Å². The third-order valence-electron chi connectivity index (χ3n) is 2.53. The number of hydrogen-bond acceptors (Lipinski definition) is 5. The molecule has 1 aromatic rings. The molecule has 0 saturated carbocycles. The molecule has 0 aromatic heterocycles. The van der Waals surface area contributed by atoms with Gasteiger partial charge in [0.1, 0.15) is 12.2 Å². The van der Waals surface area contributed by atoms with Crippen molar-refractivity contribution in [3.05, 3.63) is 47.7 Å². The highest BCUT2D eigenvalue weighted by atomic mass is 16.5. The van der Waals surface area contributed by atoms with Gasteiger partial charge in [0.2, 0.25) is 0 Å². The molecule has 21 heavy (non-hydrogen) atoms. The van der Waals surface area contributed by atoms with Gasteiger partial charge in [-0.2, -0.15) is 0 Å². The van der Waals surface area contributed by atoms with Crippen molar-refractivity contribution in [1.29, 1.82) is 0 Å². The van der Waals surface area contributed by atoms with Crippen molar-refractivity contribution in [2.75, 3.05) is 27.3 Å². The van der Waals surface area contributed by atoms with Gasteiger partial charge in [0.05, 0.1) is 13.2 Å². The molecule has 5 nitrogen and oxygen atoms in total. The van der Waals surface area contributed by atoms with E-state index in [1.807, 2.05) is 30.3 Å². The first kappa shape index (κ1) is 16.9. The maximum Gasteiger partial charge on any atom is 0.343 e. The molecule has 0 fully saturated rings. The van der Waals surface area contributed by atoms with Crippen molar-refractivity contribution >= 4 is 11.8 Å². The summed E-state index contributed by atoms with van der Waals surface area (Å²) in [6, 6.07) is 9.53. The topological polar surface area (TPSA) is 55.8 Å². The summed E-state index contributed by atoms with van der Waals surface area (Å²) in [6.45, 7) is 2.08. The van der Waals surface area contributed by atoms with Crippen molar-refractivity contribution in [3.8, 4) is 0 Å². The van der Waals surface area contributed by atoms with Gasteiger partial charge in [-0.15, -0.1) is 0 Å². The lowest BCUT2D eigenvalue weighted by Gasteiger charge is -2.11. The Bertz CT molecular complexity index is 494. The lowest BCUT2D eigenvalue weighted by molar-refractivity contribution is -0.140. The standard InChI is InChI=1S/C16H21NO4/c1-4-21-16(19)14(10-17(2)3)15(18)12-20-11-13-8-6-5-7-9-13/h5-10H,4,11-12H2,1-3H3/b14-10+. The second-order valence-corrected chi connectivity index (χ2v) is 4.63. The van der Waals surface area contributed by atoms with E-state index in [2.05, 4.69) is 0 Å². The van der Waals surface area contributed by atoms with Gasteiger partial charge in [0, 0.05) is 20.3 Å². The number of hydrogen-bond donors (Lipinski definition) is 0. The zero-order valence-corrected chi connectivity index (χ0v) is 12.7. The van der Waals surface area contributed by atoms with E-state index in [0.717, 1.165) is 5.56 Å². The number of carbonyl (C=O) groups is 2. The molecule has 0 unspecified atom stereocenters. The molecule has 5 heteroatoms. The van der Waals surface area contributed by atoms with Gasteiger partial charge in [-0.3, -0.25) is 4.79 Å². The molecule has 0 aliphatic heterocycles. The van der Waals surface area contributed by atoms with Crippen molar-refractivity contribution < 1.29 is 19.1 Å². The normalized spacial score (nSPS) is 11.1. The predicted molar refractivity (Wildman–Crippen MR) is 79.5 cm³/mol. The Morgan fingerprint density at radius 1 is 1.19 bits per heavy atom. The molecule has 1 aromatic carbocycles. The van der Waals surface area contributed by atoms with Crippen molar-refractivity contribution in [2.24, 2.45) is 0 Å². The summed E-state index contributed by atoms with van der Waals surface area (Å²) in [7, 11) is 3.47. The Morgan fingerprint density at radius 3 is 2.43 bits per heavy atom. The fourth-order valence-corrected chi connectivity index (χ4v) is 1.62. The Morgan fingerprint density at radius 2 is 1.86 bits per heavy atom. The monoisotopic (exact) mass is 291 g/mol. The molecule has 0 amide bonds. The first-order valence-corrected chi connectivity index (χ1v) is 6.74. The molecule has 0 radical (unpaired) electrons. The van der Waals surface area contributed by atoms with Gasteiger partial charge in [-0.25, -0.2) is 4.79 Å². The van der Waals surface area contributed by atoms with E-state index < -0.39 is 11.8 Å². The predicted octanol–water partition coefficient (Wildman–Crippen LogP) is 1.78. The number of Topliss-reactive ketones (excluding diaryl/α,β-unsaturated/α-hetero) is 1. The van der Waals surface area contributed by atoms with E-state index in [1.165, 1.54) is 6.20 Å². The van der Waals surface area contributed by atoms with Crippen LogP contribution in [0.25, 0.3) is 0 Å². The van der Waals surface area contributed by atoms with E-state index in [1.54, 1.807) is 25.9 Å². The van der Waals surface area contributed by atoms with Crippen LogP contribution >= 0.6 is 0 Å². The zero-order valence-electron chi connectivity index (χ0n) is 12.7. The van der Waals surface area contributed by atoms with Crippen molar-refractivity contribution in [1.82, 2.24) is 4.90 Å². The highest BCUT2D eigenvalue weighted by Crippen LogP contribution is 2.05. The van der Waals surface area contributed by atoms with Crippen LogP contribution in [0.15, 0.2) is 42.1 Å². The summed E-state index contributed by atoms with van der Waals surface area (Å²) in [6.07, 6.45) is 1.45. The van der Waals surface area contributed by atoms with Gasteiger partial charge >= 0.3 is 5.97 Å². The van der Waals surface area contributed by atoms with E-state index in [4.69, 9.17) is 9.47 Å². The number of ether oxygens (including phenoxy) is 2. The third-order valence-corrected chi connectivity index (χ3v) is 2.53. The van der Waals surface area contributed by atoms with Crippen LogP contribution in [-0.2, 0) is 25.7 Å². The van der Waals surface area contributed by atoms with Gasteiger partial charge in [-0.1, -0.05) is 30.3 Å². The van der Waals surface area contributed by atoms with Gasteiger partial charge in [0.15, 0.2) is 5.78 Å². The minimum absolute atomic E-state index is 0.00471. The number of ketones is 1. The minimum atomic E-state index is -0.625. The molecule has 0 spiro atoms. The maximum absolute atomic E-state index is 12.1. The number of nitrogens with zero attached hydrogens (tertiary/aromatic N) is 1. The molecule has 0 atom stereocenters. The summed E-state index contributed by atoms with van der Waals surface area (Å²) in [4.78, 5) is 25.5. The summed E-state index contributed by atoms with van der Waals surface area (Å²) in [5.74, 6) is -1.02. The highest BCUT2D eigenvalue weighted by molar-refractivity contribution is 6.17. The second-order valence-electron chi connectivity index (χ2n) is 4.63. The zero-order chi connectivity index (χ0) is 15.7. The smallest absolute Gasteiger partial charge is 0.343 e. The molecular formula is C16H21NO4. The minimum Gasteiger partial charge on any atom is -0.462 e. The largest absolute Gasteiger partial charge is 0.462 e. The number of esters is 1. The van der Waals surface area contributed by atoms with Crippen LogP contribution in [0, 0.1) is 0 Å². The quantitative estimate of drug-likeness (QED) is 0.316. The van der Waals surface area contributed by atoms with Crippen LogP contribution in [0.3, 0.4) is 0 Å². The summed E-state index contributed by atoms with van der Waals surface area (Å²) in [5.41, 5.74) is 0.967. The summed E-state index contributed by atoms with van der Waals surface area (Å²) < 4.78 is 10.2. The SMILES string of the molecule is CCOC(=O)/C(=C/N(C)C)C(=O)COCc1ccccc1. The third kappa shape index (κ3) is 6.23. The number of carbonyl (C=O) groups excluding carboxylic acids is 2. The molecule has 114 valence electrons. The van der Waals surface area contributed by atoms with Crippen LogP contribution in [0.1, 0.15) is 12.5 Å². The summed E-state index contributed by atoms with van der Waals surface area (Å²) >= 11 is 0. The first-order chi connectivity index (χ1) is 10.0. The van der Waals surface area contributed by atoms with Crippen LogP contribution in [-0.4, -0.2) is 44.0 Å². The molecule has 0 saturated heterocycles. The number of rotatable bonds is 8. The molecule has 0 heterocycles. The lowest BCUT2D eigenvalue weighted by Crippen LogP contribution is -2.22. The molecule has 0 bridgehead atoms. The van der Waals surface area contributed by atoms with Gasteiger partial charge < -0.3 is 14.4 Å². The Balaban J connectivity index is 2.59. The van der Waals surface area contributed by atoms with Crippen LogP contribution in [0.5, 0.6) is 0 Å². The Kier molecular flexibility index (Phi) is 7.18. The van der Waals surface area contributed by atoms with E-state index in [9.17, 15) is 9.59 Å². The molecular weight excluding hydrogens is 270 g/mol. The second kappa shape index (κ2) is 8.92. The fraction of sp³-hybridized carbons (Fsp3) is 0.375. The average Bonchev–Trinajstić information content (AvgIpc) is 2.45. The van der Waals surface area contributed by atoms with Gasteiger partial charge in [-0.05, 0) is 12.5 Å². The Labute approximate surface area is 125 Å². The summed E-state index contributed by atoms with van der Waals surface area (Å²) in [5, 5.41) is 0. The van der Waals surface area contributed by atoms with Crippen molar-refractivity contribution in [2.45, 2.75) is 13.5 Å². The van der Waals surface area contributed by atoms with E-state index in [-0.39, 0.29) is 18.8 Å². The molecule has 0 N–H and O–H groups in total. The van der Waals surface area contributed by atoms with Gasteiger partial charge in [0.25, 0.3) is 0 Å². The van der Waals surface area contributed by atoms with Crippen molar-refractivity contribution in [3.63, 3.8) is 0 Å². The molecule has 0 aliphatic carbocycles. The first-order valence-electron chi connectivity index (χ1n) is 6.74. The van der Waals surface area contributed by atoms with Crippen LogP contribution in [0.4, 0.5) is 0 Å². The average molecular weight is 291 g/mol. The fourth-order valence-electron chi connectivity index (χ4n) is 1.62. The molecule has 1 rings (SSSR count). The molecule has 0 aliphatic rings. The van der Waals surface area contributed by atoms with Crippen LogP contribution < -0.4 is 0 Å². The Hall–Kier alpha value is -2.14. The number of benzene rings is 1. The highest BCUT2D eigenvalue weighted by Gasteiger charge is 2.20. The maximum atomic E-state index is 12.1. The van der Waals surface area contributed by atoms with E-state index >= 15 is 0 Å². The van der Waals surface area contributed by atoms with Crippen LogP contribution in [0.2, 0.25) is 0 Å².